The van der Waals surface area contributed by atoms with Crippen molar-refractivity contribution in [2.45, 2.75) is 24.0 Å². The monoisotopic (exact) mass is 416 g/mol. The molecule has 2 aromatic rings. The van der Waals surface area contributed by atoms with Crippen LogP contribution in [-0.2, 0) is 21.2 Å². The highest BCUT2D eigenvalue weighted by atomic mass is 35.5. The van der Waals surface area contributed by atoms with Crippen molar-refractivity contribution in [2.24, 2.45) is 0 Å². The molecule has 3 heterocycles. The van der Waals surface area contributed by atoms with Gasteiger partial charge in [-0.3, -0.25) is 4.79 Å². The highest BCUT2D eigenvalue weighted by molar-refractivity contribution is 8.00. The van der Waals surface area contributed by atoms with Crippen LogP contribution in [0.3, 0.4) is 0 Å². The Labute approximate surface area is 160 Å². The van der Waals surface area contributed by atoms with Crippen molar-refractivity contribution in [1.29, 1.82) is 0 Å². The number of nitrogens with zero attached hydrogens (tertiary/aromatic N) is 2. The molecule has 25 heavy (non-hydrogen) atoms. The summed E-state index contributed by atoms with van der Waals surface area (Å²) in [6.45, 7) is 0.438. The Bertz CT molecular complexity index is 840. The zero-order chi connectivity index (χ0) is 17.9. The standard InChI is InChI=1S/C16H17ClN2O3S3/c17-14-4-1-6-18-16(14)24-10-15(20)19(9-13-3-2-7-23-13)12-5-8-25(21,22)11-12/h1-4,6-7,12H,5,8-11H2. The molecule has 0 spiro atoms. The van der Waals surface area contributed by atoms with Crippen LogP contribution in [0.25, 0.3) is 0 Å². The number of hydrogen-bond donors (Lipinski definition) is 0. The fourth-order valence-corrected chi connectivity index (χ4v) is 6.19. The van der Waals surface area contributed by atoms with Crippen molar-refractivity contribution in [3.63, 3.8) is 0 Å². The van der Waals surface area contributed by atoms with E-state index in [1.54, 1.807) is 34.6 Å². The van der Waals surface area contributed by atoms with Crippen molar-refractivity contribution in [3.05, 3.63) is 45.7 Å². The van der Waals surface area contributed by atoms with Crippen LogP contribution in [0.5, 0.6) is 0 Å². The summed E-state index contributed by atoms with van der Waals surface area (Å²) in [7, 11) is -3.06. The van der Waals surface area contributed by atoms with Crippen LogP contribution in [0, 0.1) is 0 Å². The minimum absolute atomic E-state index is 0.0408. The summed E-state index contributed by atoms with van der Waals surface area (Å²) >= 11 is 8.92. The van der Waals surface area contributed by atoms with E-state index in [9.17, 15) is 13.2 Å². The Kier molecular flexibility index (Phi) is 6.04. The van der Waals surface area contributed by atoms with Crippen LogP contribution in [0.4, 0.5) is 0 Å². The Morgan fingerprint density at radius 2 is 2.24 bits per heavy atom. The number of carbonyl (C=O) groups is 1. The molecule has 5 nitrogen and oxygen atoms in total. The van der Waals surface area contributed by atoms with Crippen LogP contribution >= 0.6 is 34.7 Å². The molecule has 0 radical (unpaired) electrons. The summed E-state index contributed by atoms with van der Waals surface area (Å²) in [5, 5.41) is 3.06. The summed E-state index contributed by atoms with van der Waals surface area (Å²) < 4.78 is 23.7. The Hall–Kier alpha value is -1.09. The van der Waals surface area contributed by atoms with Crippen LogP contribution in [0.1, 0.15) is 11.3 Å². The number of thioether (sulfide) groups is 1. The zero-order valence-corrected chi connectivity index (χ0v) is 16.5. The van der Waals surface area contributed by atoms with Gasteiger partial charge in [-0.05, 0) is 30.0 Å². The number of amides is 1. The van der Waals surface area contributed by atoms with Gasteiger partial charge in [0.25, 0.3) is 0 Å². The van der Waals surface area contributed by atoms with Crippen LogP contribution in [-0.4, -0.2) is 47.5 Å². The molecular weight excluding hydrogens is 400 g/mol. The molecule has 2 aromatic heterocycles. The fourth-order valence-electron chi connectivity index (χ4n) is 2.70. The Balaban J connectivity index is 1.71. The molecule has 3 rings (SSSR count). The van der Waals surface area contributed by atoms with Crippen molar-refractivity contribution in [2.75, 3.05) is 17.3 Å². The maximum absolute atomic E-state index is 12.8. The summed E-state index contributed by atoms with van der Waals surface area (Å²) in [5.41, 5.74) is 0. The van der Waals surface area contributed by atoms with Crippen LogP contribution in [0.15, 0.2) is 40.9 Å². The van der Waals surface area contributed by atoms with Gasteiger partial charge in [-0.15, -0.1) is 11.3 Å². The molecule has 0 aromatic carbocycles. The first-order valence-electron chi connectivity index (χ1n) is 7.70. The maximum atomic E-state index is 12.8. The van der Waals surface area contributed by atoms with Gasteiger partial charge < -0.3 is 4.90 Å². The van der Waals surface area contributed by atoms with E-state index in [4.69, 9.17) is 11.6 Å². The number of rotatable bonds is 6. The first-order chi connectivity index (χ1) is 11.9. The number of hydrogen-bond acceptors (Lipinski definition) is 6. The second-order valence-electron chi connectivity index (χ2n) is 5.74. The third-order valence-corrected chi connectivity index (χ3v) is 7.95. The van der Waals surface area contributed by atoms with E-state index in [1.165, 1.54) is 11.8 Å². The molecule has 1 saturated heterocycles. The lowest BCUT2D eigenvalue weighted by atomic mass is 10.2. The van der Waals surface area contributed by atoms with E-state index in [0.717, 1.165) is 4.88 Å². The lowest BCUT2D eigenvalue weighted by molar-refractivity contribution is -0.130. The van der Waals surface area contributed by atoms with Gasteiger partial charge >= 0.3 is 0 Å². The van der Waals surface area contributed by atoms with Crippen LogP contribution < -0.4 is 0 Å². The van der Waals surface area contributed by atoms with E-state index in [-0.39, 0.29) is 29.2 Å². The highest BCUT2D eigenvalue weighted by Crippen LogP contribution is 2.27. The number of carbonyl (C=O) groups excluding carboxylic acids is 1. The van der Waals surface area contributed by atoms with Gasteiger partial charge in [0.2, 0.25) is 5.91 Å². The molecule has 9 heteroatoms. The molecule has 1 atom stereocenters. The average Bonchev–Trinajstić information content (AvgIpc) is 3.20. The van der Waals surface area contributed by atoms with Gasteiger partial charge in [-0.1, -0.05) is 29.4 Å². The minimum Gasteiger partial charge on any atom is -0.333 e. The van der Waals surface area contributed by atoms with Crippen molar-refractivity contribution >= 4 is 50.4 Å². The first-order valence-corrected chi connectivity index (χ1v) is 11.8. The molecule has 0 bridgehead atoms. The number of halogens is 1. The summed E-state index contributed by atoms with van der Waals surface area (Å²) in [5.74, 6) is 0.269. The molecular formula is C16H17ClN2O3S3. The van der Waals surface area contributed by atoms with Gasteiger partial charge in [0.15, 0.2) is 9.84 Å². The van der Waals surface area contributed by atoms with E-state index < -0.39 is 9.84 Å². The molecule has 1 aliphatic heterocycles. The summed E-state index contributed by atoms with van der Waals surface area (Å²) in [6, 6.07) is 7.09. The van der Waals surface area contributed by atoms with E-state index in [0.29, 0.717) is 23.0 Å². The quantitative estimate of drug-likeness (QED) is 0.677. The molecule has 1 amide bonds. The van der Waals surface area contributed by atoms with Gasteiger partial charge in [0, 0.05) is 17.1 Å². The van der Waals surface area contributed by atoms with E-state index >= 15 is 0 Å². The maximum Gasteiger partial charge on any atom is 0.233 e. The summed E-state index contributed by atoms with van der Waals surface area (Å²) in [4.78, 5) is 19.7. The van der Waals surface area contributed by atoms with E-state index in [2.05, 4.69) is 4.98 Å². The SMILES string of the molecule is O=C(CSc1ncccc1Cl)N(Cc1cccs1)C1CCS(=O)(=O)C1. The molecule has 1 fully saturated rings. The first kappa shape index (κ1) is 18.7. The predicted molar refractivity (Wildman–Crippen MR) is 102 cm³/mol. The Morgan fingerprint density at radius 1 is 1.40 bits per heavy atom. The number of sulfone groups is 1. The molecule has 1 unspecified atom stereocenters. The zero-order valence-electron chi connectivity index (χ0n) is 13.3. The fraction of sp³-hybridized carbons (Fsp3) is 0.375. The molecule has 134 valence electrons. The lowest BCUT2D eigenvalue weighted by Gasteiger charge is -2.27. The highest BCUT2D eigenvalue weighted by Gasteiger charge is 2.34. The van der Waals surface area contributed by atoms with Gasteiger partial charge in [-0.2, -0.15) is 0 Å². The largest absolute Gasteiger partial charge is 0.333 e. The average molecular weight is 417 g/mol. The third kappa shape index (κ3) is 4.97. The summed E-state index contributed by atoms with van der Waals surface area (Å²) in [6.07, 6.45) is 2.13. The third-order valence-electron chi connectivity index (χ3n) is 3.93. The number of thiophene rings is 1. The second-order valence-corrected chi connectivity index (χ2v) is 10.4. The molecule has 0 aliphatic carbocycles. The molecule has 0 saturated carbocycles. The lowest BCUT2D eigenvalue weighted by Crippen LogP contribution is -2.41. The predicted octanol–water partition coefficient (Wildman–Crippen LogP) is 3.10. The molecule has 1 aliphatic rings. The normalized spacial score (nSPS) is 19.0. The van der Waals surface area contributed by atoms with Crippen LogP contribution in [0.2, 0.25) is 5.02 Å². The van der Waals surface area contributed by atoms with E-state index in [1.807, 2.05) is 17.5 Å². The van der Waals surface area contributed by atoms with Crippen molar-refractivity contribution in [3.8, 4) is 0 Å². The smallest absolute Gasteiger partial charge is 0.233 e. The van der Waals surface area contributed by atoms with Crippen molar-refractivity contribution in [1.82, 2.24) is 9.88 Å². The van der Waals surface area contributed by atoms with Gasteiger partial charge in [0.1, 0.15) is 5.03 Å². The second kappa shape index (κ2) is 8.07. The Morgan fingerprint density at radius 3 is 2.88 bits per heavy atom. The molecule has 0 N–H and O–H groups in total. The number of aromatic nitrogens is 1. The topological polar surface area (TPSA) is 67.3 Å². The minimum atomic E-state index is -3.06. The van der Waals surface area contributed by atoms with Gasteiger partial charge in [0.05, 0.1) is 28.8 Å². The van der Waals surface area contributed by atoms with Gasteiger partial charge in [-0.25, -0.2) is 13.4 Å². The number of pyridine rings is 1. The van der Waals surface area contributed by atoms with Crippen molar-refractivity contribution < 1.29 is 13.2 Å².